The molecule has 150 valence electrons. The van der Waals surface area contributed by atoms with Gasteiger partial charge >= 0.3 is 6.09 Å². The number of carbonyl (C=O) groups excluding carboxylic acids is 2. The van der Waals surface area contributed by atoms with E-state index < -0.39 is 23.4 Å². The molecule has 0 fully saturated rings. The van der Waals surface area contributed by atoms with Gasteiger partial charge in [-0.25, -0.2) is 14.2 Å². The summed E-state index contributed by atoms with van der Waals surface area (Å²) in [7, 11) is 0. The predicted molar refractivity (Wildman–Crippen MR) is 114 cm³/mol. The van der Waals surface area contributed by atoms with E-state index in [-0.39, 0.29) is 11.4 Å². The Balaban J connectivity index is 1.72. The van der Waals surface area contributed by atoms with E-state index in [4.69, 9.17) is 4.74 Å². The highest BCUT2D eigenvalue weighted by atomic mass is 32.1. The van der Waals surface area contributed by atoms with Crippen LogP contribution in [0.5, 0.6) is 0 Å². The van der Waals surface area contributed by atoms with Gasteiger partial charge in [-0.05, 0) is 57.2 Å². The van der Waals surface area contributed by atoms with Crippen LogP contribution in [0.15, 0.2) is 48.5 Å². The molecule has 6 nitrogen and oxygen atoms in total. The van der Waals surface area contributed by atoms with E-state index >= 15 is 0 Å². The number of thiazole rings is 1. The Hall–Kier alpha value is -3.26. The summed E-state index contributed by atoms with van der Waals surface area (Å²) in [6.45, 7) is 5.19. The van der Waals surface area contributed by atoms with E-state index in [0.717, 1.165) is 16.3 Å². The van der Waals surface area contributed by atoms with Crippen LogP contribution in [0.4, 0.5) is 20.6 Å². The molecule has 0 aliphatic carbocycles. The van der Waals surface area contributed by atoms with Crippen LogP contribution in [0.1, 0.15) is 25.8 Å². The number of hydrogen-bond donors (Lipinski definition) is 2. The van der Waals surface area contributed by atoms with Crippen LogP contribution in [0.2, 0.25) is 0 Å². The number of benzene rings is 2. The van der Waals surface area contributed by atoms with Gasteiger partial charge in [0, 0.05) is 6.08 Å². The number of rotatable bonds is 4. The molecule has 2 N–H and O–H groups in total. The van der Waals surface area contributed by atoms with E-state index in [1.165, 1.54) is 29.5 Å². The van der Waals surface area contributed by atoms with Crippen LogP contribution in [-0.2, 0) is 9.53 Å². The minimum absolute atomic E-state index is 0.120. The van der Waals surface area contributed by atoms with Crippen molar-refractivity contribution in [2.24, 2.45) is 0 Å². The third kappa shape index (κ3) is 5.86. The molecule has 1 aromatic heterocycles. The second kappa shape index (κ2) is 8.40. The summed E-state index contributed by atoms with van der Waals surface area (Å²) >= 11 is 1.45. The molecule has 1 heterocycles. The number of amides is 2. The number of para-hydroxylation sites is 1. The van der Waals surface area contributed by atoms with E-state index in [1.54, 1.807) is 26.8 Å². The van der Waals surface area contributed by atoms with Crippen LogP contribution in [0.25, 0.3) is 16.3 Å². The maximum Gasteiger partial charge on any atom is 0.412 e. The smallest absolute Gasteiger partial charge is 0.412 e. The molecular weight excluding hydrogens is 393 g/mol. The molecule has 8 heteroatoms. The highest BCUT2D eigenvalue weighted by Gasteiger charge is 2.18. The Morgan fingerprint density at radius 3 is 2.59 bits per heavy atom. The van der Waals surface area contributed by atoms with Crippen molar-refractivity contribution in [2.75, 3.05) is 10.6 Å². The predicted octanol–water partition coefficient (Wildman–Crippen LogP) is 5.43. The summed E-state index contributed by atoms with van der Waals surface area (Å²) in [5, 5.41) is 5.75. The first-order valence-corrected chi connectivity index (χ1v) is 9.65. The van der Waals surface area contributed by atoms with Gasteiger partial charge in [-0.3, -0.25) is 10.1 Å². The first kappa shape index (κ1) is 20.5. The fourth-order valence-corrected chi connectivity index (χ4v) is 3.30. The van der Waals surface area contributed by atoms with Crippen molar-refractivity contribution in [2.45, 2.75) is 26.4 Å². The lowest BCUT2D eigenvalue weighted by Crippen LogP contribution is -2.27. The molecule has 0 aliphatic heterocycles. The molecule has 0 radical (unpaired) electrons. The van der Waals surface area contributed by atoms with Gasteiger partial charge in [0.25, 0.3) is 0 Å². The molecule has 2 amide bonds. The number of ether oxygens (including phenoxy) is 1. The number of fused-ring (bicyclic) bond motifs is 1. The van der Waals surface area contributed by atoms with Gasteiger partial charge in [0.2, 0.25) is 5.91 Å². The zero-order valence-electron chi connectivity index (χ0n) is 16.2. The van der Waals surface area contributed by atoms with E-state index in [2.05, 4.69) is 15.6 Å². The van der Waals surface area contributed by atoms with Gasteiger partial charge in [-0.15, -0.1) is 11.3 Å². The van der Waals surface area contributed by atoms with E-state index in [0.29, 0.717) is 5.01 Å². The van der Waals surface area contributed by atoms with Gasteiger partial charge < -0.3 is 10.1 Å². The van der Waals surface area contributed by atoms with Crippen LogP contribution >= 0.6 is 11.3 Å². The molecule has 0 unspecified atom stereocenters. The molecular formula is C21H20FN3O3S. The second-order valence-electron chi connectivity index (χ2n) is 7.16. The van der Waals surface area contributed by atoms with Gasteiger partial charge in [-0.2, -0.15) is 0 Å². The molecule has 0 saturated heterocycles. The molecule has 0 aliphatic rings. The Morgan fingerprint density at radius 2 is 1.86 bits per heavy atom. The summed E-state index contributed by atoms with van der Waals surface area (Å²) in [5.74, 6) is -1.03. The quantitative estimate of drug-likeness (QED) is 0.559. The number of nitrogens with zero attached hydrogens (tertiary/aromatic N) is 1. The number of hydrogen-bond acceptors (Lipinski definition) is 5. The standard InChI is InChI=1S/C21H20FN3O3S/c1-21(2,3)28-20(27)25-14-9-8-13(22)12-16(14)23-18(26)10-11-19-24-15-6-4-5-7-17(15)29-19/h4-12H,1-3H3,(H,23,26)(H,25,27)/b11-10+. The van der Waals surface area contributed by atoms with Crippen molar-refractivity contribution in [3.63, 3.8) is 0 Å². The molecule has 2 aromatic carbocycles. The Labute approximate surface area is 171 Å². The number of anilines is 2. The summed E-state index contributed by atoms with van der Waals surface area (Å²) < 4.78 is 19.9. The minimum atomic E-state index is -0.704. The van der Waals surface area contributed by atoms with E-state index in [9.17, 15) is 14.0 Å². The summed E-state index contributed by atoms with van der Waals surface area (Å²) in [4.78, 5) is 28.7. The average Bonchev–Trinajstić information content (AvgIpc) is 3.04. The second-order valence-corrected chi connectivity index (χ2v) is 8.22. The number of nitrogens with one attached hydrogen (secondary N) is 2. The zero-order chi connectivity index (χ0) is 21.0. The monoisotopic (exact) mass is 413 g/mol. The van der Waals surface area contributed by atoms with Gasteiger partial charge in [0.1, 0.15) is 16.4 Å². The Morgan fingerprint density at radius 1 is 1.10 bits per heavy atom. The third-order valence-electron chi connectivity index (χ3n) is 3.56. The normalized spacial score (nSPS) is 11.6. The molecule has 0 spiro atoms. The van der Waals surface area contributed by atoms with Crippen LogP contribution in [0.3, 0.4) is 0 Å². The maximum absolute atomic E-state index is 13.7. The van der Waals surface area contributed by atoms with Gasteiger partial charge in [-0.1, -0.05) is 12.1 Å². The third-order valence-corrected chi connectivity index (χ3v) is 4.56. The molecule has 3 aromatic rings. The fraction of sp³-hybridized carbons (Fsp3) is 0.190. The summed E-state index contributed by atoms with van der Waals surface area (Å²) in [5.41, 5.74) is 0.511. The molecule has 0 bridgehead atoms. The molecule has 0 atom stereocenters. The first-order valence-electron chi connectivity index (χ1n) is 8.84. The highest BCUT2D eigenvalue weighted by Crippen LogP contribution is 2.25. The van der Waals surface area contributed by atoms with Crippen molar-refractivity contribution >= 4 is 51.0 Å². The average molecular weight is 413 g/mol. The first-order chi connectivity index (χ1) is 13.7. The van der Waals surface area contributed by atoms with Crippen molar-refractivity contribution in [1.29, 1.82) is 0 Å². The topological polar surface area (TPSA) is 80.3 Å². The Bertz CT molecular complexity index is 1050. The van der Waals surface area contributed by atoms with Gasteiger partial charge in [0.15, 0.2) is 0 Å². The Kier molecular flexibility index (Phi) is 5.93. The van der Waals surface area contributed by atoms with E-state index in [1.807, 2.05) is 24.3 Å². The number of carbonyl (C=O) groups is 2. The molecule has 3 rings (SSSR count). The number of halogens is 1. The van der Waals surface area contributed by atoms with Crippen LogP contribution < -0.4 is 10.6 Å². The van der Waals surface area contributed by atoms with Crippen molar-refractivity contribution < 1.29 is 18.7 Å². The largest absolute Gasteiger partial charge is 0.444 e. The van der Waals surface area contributed by atoms with Crippen molar-refractivity contribution in [3.8, 4) is 0 Å². The molecule has 0 saturated carbocycles. The van der Waals surface area contributed by atoms with Crippen LogP contribution in [-0.4, -0.2) is 22.6 Å². The molecule has 29 heavy (non-hydrogen) atoms. The van der Waals surface area contributed by atoms with Crippen LogP contribution in [0, 0.1) is 5.82 Å². The SMILES string of the molecule is CC(C)(C)OC(=O)Nc1ccc(F)cc1NC(=O)/C=C/c1nc2ccccc2s1. The van der Waals surface area contributed by atoms with Gasteiger partial charge in [0.05, 0.1) is 21.6 Å². The lowest BCUT2D eigenvalue weighted by atomic mass is 10.2. The number of aromatic nitrogens is 1. The van der Waals surface area contributed by atoms with Crippen molar-refractivity contribution in [1.82, 2.24) is 4.98 Å². The highest BCUT2D eigenvalue weighted by molar-refractivity contribution is 7.19. The fourth-order valence-electron chi connectivity index (χ4n) is 2.43. The zero-order valence-corrected chi connectivity index (χ0v) is 17.0. The maximum atomic E-state index is 13.7. The minimum Gasteiger partial charge on any atom is -0.444 e. The van der Waals surface area contributed by atoms with Crippen molar-refractivity contribution in [3.05, 3.63) is 59.4 Å². The lowest BCUT2D eigenvalue weighted by molar-refractivity contribution is -0.111. The lowest BCUT2D eigenvalue weighted by Gasteiger charge is -2.20. The summed E-state index contributed by atoms with van der Waals surface area (Å²) in [6, 6.07) is 11.3. The summed E-state index contributed by atoms with van der Waals surface area (Å²) in [6.07, 6.45) is 2.18.